The number of carbonyl (C=O) groups excluding carboxylic acids is 2. The molecular weight excluding hydrogens is 416 g/mol. The Morgan fingerprint density at radius 1 is 0.719 bits per heavy atom. The molecular formula is C24H28O8. The number of Topliss-reactive ketones (excluding diaryl/α,β-unsaturated/α-hetero) is 2. The molecule has 8 nitrogen and oxygen atoms in total. The van der Waals surface area contributed by atoms with Crippen LogP contribution in [0.4, 0.5) is 0 Å². The Labute approximate surface area is 186 Å². The zero-order chi connectivity index (χ0) is 24.3. The van der Waals surface area contributed by atoms with E-state index in [2.05, 4.69) is 0 Å². The van der Waals surface area contributed by atoms with Gasteiger partial charge in [0.05, 0.1) is 26.6 Å². The van der Waals surface area contributed by atoms with Crippen molar-refractivity contribution in [3.8, 4) is 11.5 Å². The van der Waals surface area contributed by atoms with Crippen LogP contribution in [0.15, 0.2) is 48.5 Å². The summed E-state index contributed by atoms with van der Waals surface area (Å²) in [6, 6.07) is 13.3. The number of hydrogen-bond acceptors (Lipinski definition) is 6. The maximum Gasteiger partial charge on any atom is 0.306 e. The summed E-state index contributed by atoms with van der Waals surface area (Å²) in [7, 11) is 3.09. The molecule has 0 aliphatic rings. The lowest BCUT2D eigenvalue weighted by Gasteiger charge is -2.08. The van der Waals surface area contributed by atoms with Crippen molar-refractivity contribution in [3.63, 3.8) is 0 Å². The number of ketones is 2. The molecule has 0 saturated carbocycles. The summed E-state index contributed by atoms with van der Waals surface area (Å²) in [6.07, 6.45) is -0.132. The van der Waals surface area contributed by atoms with Gasteiger partial charge in [0, 0.05) is 23.5 Å². The third-order valence-corrected chi connectivity index (χ3v) is 4.63. The largest absolute Gasteiger partial charge is 0.497 e. The van der Waals surface area contributed by atoms with Crippen molar-refractivity contribution in [2.24, 2.45) is 11.8 Å². The smallest absolute Gasteiger partial charge is 0.306 e. The van der Waals surface area contributed by atoms with Crippen LogP contribution < -0.4 is 9.47 Å². The van der Waals surface area contributed by atoms with E-state index in [4.69, 9.17) is 19.7 Å². The highest BCUT2D eigenvalue weighted by Gasteiger charge is 2.18. The molecule has 0 heterocycles. The average molecular weight is 444 g/mol. The maximum absolute atomic E-state index is 11.8. The van der Waals surface area contributed by atoms with Gasteiger partial charge in [0.15, 0.2) is 11.6 Å². The van der Waals surface area contributed by atoms with E-state index >= 15 is 0 Å². The monoisotopic (exact) mass is 444 g/mol. The molecule has 8 heteroatoms. The number of rotatable bonds is 10. The van der Waals surface area contributed by atoms with E-state index in [1.807, 2.05) is 0 Å². The number of ether oxygens (including phenoxy) is 2. The summed E-state index contributed by atoms with van der Waals surface area (Å²) in [5.41, 5.74) is 1.02. The molecule has 2 unspecified atom stereocenters. The summed E-state index contributed by atoms with van der Waals surface area (Å²) in [6.45, 7) is 3.13. The van der Waals surface area contributed by atoms with E-state index in [0.717, 1.165) is 0 Å². The second-order valence-electron chi connectivity index (χ2n) is 7.19. The standard InChI is InChI=1S/2C12H14O4/c1-8(7-11(13)14)12(15)9-3-5-10(16-2)6-4-9;1-8(12(14)15)7-11(13)9-3-5-10(16-2)6-4-9/h3-6,8H,7H2,1-2H3,(H,13,14);3-6,8H,7H2,1-2H3,(H,14,15). The van der Waals surface area contributed by atoms with Crippen LogP contribution in [0.5, 0.6) is 11.5 Å². The SMILES string of the molecule is COc1ccc(C(=O)C(C)CC(=O)O)cc1.COc1ccc(C(=O)CC(C)C(=O)O)cc1. The zero-order valence-electron chi connectivity index (χ0n) is 18.5. The first-order valence-electron chi connectivity index (χ1n) is 9.89. The number of methoxy groups -OCH3 is 2. The van der Waals surface area contributed by atoms with E-state index in [1.54, 1.807) is 69.7 Å². The van der Waals surface area contributed by atoms with E-state index in [9.17, 15) is 19.2 Å². The highest BCUT2D eigenvalue weighted by molar-refractivity contribution is 5.99. The van der Waals surface area contributed by atoms with Crippen LogP contribution in [0.3, 0.4) is 0 Å². The molecule has 32 heavy (non-hydrogen) atoms. The van der Waals surface area contributed by atoms with Gasteiger partial charge in [0.25, 0.3) is 0 Å². The predicted octanol–water partition coefficient (Wildman–Crippen LogP) is 3.98. The number of aliphatic carboxylic acids is 2. The number of hydrogen-bond donors (Lipinski definition) is 2. The van der Waals surface area contributed by atoms with Crippen molar-refractivity contribution in [3.05, 3.63) is 59.7 Å². The van der Waals surface area contributed by atoms with Crippen LogP contribution in [-0.2, 0) is 9.59 Å². The normalized spacial score (nSPS) is 11.9. The molecule has 0 radical (unpaired) electrons. The third kappa shape index (κ3) is 8.59. The van der Waals surface area contributed by atoms with Crippen LogP contribution in [-0.4, -0.2) is 47.9 Å². The number of carboxylic acid groups (broad SMARTS) is 2. The topological polar surface area (TPSA) is 127 Å². The molecule has 0 amide bonds. The lowest BCUT2D eigenvalue weighted by atomic mass is 9.96. The van der Waals surface area contributed by atoms with Crippen molar-refractivity contribution in [2.45, 2.75) is 26.7 Å². The molecule has 2 atom stereocenters. The molecule has 0 aliphatic carbocycles. The second-order valence-corrected chi connectivity index (χ2v) is 7.19. The molecule has 0 bridgehead atoms. The molecule has 0 spiro atoms. The van der Waals surface area contributed by atoms with Gasteiger partial charge < -0.3 is 19.7 Å². The Hall–Kier alpha value is -3.68. The van der Waals surface area contributed by atoms with Crippen molar-refractivity contribution >= 4 is 23.5 Å². The van der Waals surface area contributed by atoms with E-state index in [1.165, 1.54) is 6.92 Å². The summed E-state index contributed by atoms with van der Waals surface area (Å²) in [5.74, 6) is -2.08. The van der Waals surface area contributed by atoms with Gasteiger partial charge in [-0.1, -0.05) is 13.8 Å². The minimum Gasteiger partial charge on any atom is -0.497 e. The fourth-order valence-electron chi connectivity index (χ4n) is 2.65. The van der Waals surface area contributed by atoms with Crippen molar-refractivity contribution in [1.29, 1.82) is 0 Å². The Kier molecular flexibility index (Phi) is 10.6. The van der Waals surface area contributed by atoms with Gasteiger partial charge in [-0.05, 0) is 48.5 Å². The molecule has 0 saturated heterocycles. The van der Waals surface area contributed by atoms with E-state index < -0.39 is 23.8 Å². The first-order chi connectivity index (χ1) is 15.1. The highest BCUT2D eigenvalue weighted by atomic mass is 16.5. The Balaban J connectivity index is 0.000000320. The summed E-state index contributed by atoms with van der Waals surface area (Å²) < 4.78 is 9.93. The van der Waals surface area contributed by atoms with Gasteiger partial charge in [-0.2, -0.15) is 0 Å². The Morgan fingerprint density at radius 2 is 1.16 bits per heavy atom. The molecule has 0 fully saturated rings. The van der Waals surface area contributed by atoms with Gasteiger partial charge in [0.1, 0.15) is 11.5 Å². The number of carboxylic acids is 2. The van der Waals surface area contributed by atoms with Gasteiger partial charge in [-0.25, -0.2) is 0 Å². The van der Waals surface area contributed by atoms with Crippen molar-refractivity contribution < 1.29 is 38.9 Å². The molecule has 172 valence electrons. The predicted molar refractivity (Wildman–Crippen MR) is 117 cm³/mol. The minimum absolute atomic E-state index is 0.0155. The third-order valence-electron chi connectivity index (χ3n) is 4.63. The van der Waals surface area contributed by atoms with Gasteiger partial charge in [-0.15, -0.1) is 0 Å². The fourth-order valence-corrected chi connectivity index (χ4v) is 2.65. The first kappa shape index (κ1) is 26.4. The fraction of sp³-hybridized carbons (Fsp3) is 0.333. The van der Waals surface area contributed by atoms with Gasteiger partial charge >= 0.3 is 11.9 Å². The summed E-state index contributed by atoms with van der Waals surface area (Å²) in [5, 5.41) is 17.3. The zero-order valence-corrected chi connectivity index (χ0v) is 18.5. The average Bonchev–Trinajstić information content (AvgIpc) is 2.78. The van der Waals surface area contributed by atoms with Crippen LogP contribution in [0.2, 0.25) is 0 Å². The lowest BCUT2D eigenvalue weighted by Crippen LogP contribution is -2.15. The van der Waals surface area contributed by atoms with Crippen LogP contribution in [0.1, 0.15) is 47.4 Å². The first-order valence-corrected chi connectivity index (χ1v) is 9.89. The maximum atomic E-state index is 11.8. The van der Waals surface area contributed by atoms with Crippen LogP contribution in [0, 0.1) is 11.8 Å². The van der Waals surface area contributed by atoms with E-state index in [-0.39, 0.29) is 24.4 Å². The molecule has 2 N–H and O–H groups in total. The molecule has 0 aromatic heterocycles. The summed E-state index contributed by atoms with van der Waals surface area (Å²) in [4.78, 5) is 44.5. The Morgan fingerprint density at radius 3 is 1.53 bits per heavy atom. The summed E-state index contributed by atoms with van der Waals surface area (Å²) >= 11 is 0. The Bertz CT molecular complexity index is 916. The molecule has 2 aromatic rings. The number of benzene rings is 2. The van der Waals surface area contributed by atoms with Crippen molar-refractivity contribution in [1.82, 2.24) is 0 Å². The quantitative estimate of drug-likeness (QED) is 0.527. The molecule has 2 rings (SSSR count). The lowest BCUT2D eigenvalue weighted by molar-refractivity contribution is -0.141. The minimum atomic E-state index is -0.964. The molecule has 2 aromatic carbocycles. The highest BCUT2D eigenvalue weighted by Crippen LogP contribution is 2.17. The van der Waals surface area contributed by atoms with Crippen LogP contribution in [0.25, 0.3) is 0 Å². The molecule has 0 aliphatic heterocycles. The number of carbonyl (C=O) groups is 4. The van der Waals surface area contributed by atoms with Crippen molar-refractivity contribution in [2.75, 3.05) is 14.2 Å². The van der Waals surface area contributed by atoms with Gasteiger partial charge in [0.2, 0.25) is 0 Å². The van der Waals surface area contributed by atoms with E-state index in [0.29, 0.717) is 22.6 Å². The van der Waals surface area contributed by atoms with Gasteiger partial charge in [-0.3, -0.25) is 19.2 Å². The second kappa shape index (κ2) is 12.9. The van der Waals surface area contributed by atoms with Crippen LogP contribution >= 0.6 is 0 Å².